The number of carbonyl (C=O) groups excluding carboxylic acids is 3. The van der Waals surface area contributed by atoms with Crippen LogP contribution in [0.5, 0.6) is 0 Å². The summed E-state index contributed by atoms with van der Waals surface area (Å²) in [6.45, 7) is 1.46. The van der Waals surface area contributed by atoms with Gasteiger partial charge in [-0.05, 0) is 6.92 Å². The molecule has 9 heteroatoms. The minimum absolute atomic E-state index is 0.0622. The fourth-order valence-electron chi connectivity index (χ4n) is 1.22. The van der Waals surface area contributed by atoms with E-state index in [1.807, 2.05) is 0 Å². The van der Waals surface area contributed by atoms with Gasteiger partial charge >= 0.3 is 5.97 Å². The van der Waals surface area contributed by atoms with Crippen LogP contribution < -0.4 is 16.4 Å². The number of hydrogen-bond acceptors (Lipinski definition) is 5. The maximum Gasteiger partial charge on any atom is 0.316 e. The van der Waals surface area contributed by atoms with Gasteiger partial charge in [0, 0.05) is 25.9 Å². The van der Waals surface area contributed by atoms with Gasteiger partial charge in [0.15, 0.2) is 0 Å². The van der Waals surface area contributed by atoms with E-state index >= 15 is 0 Å². The van der Waals surface area contributed by atoms with Crippen LogP contribution in [0.1, 0.15) is 19.8 Å². The Morgan fingerprint density at radius 3 is 2.35 bits per heavy atom. The molecule has 0 aromatic carbocycles. The normalized spacial score (nSPS) is 13.2. The second-order valence-corrected chi connectivity index (χ2v) is 5.61. The lowest BCUT2D eigenvalue weighted by Gasteiger charge is -2.17. The highest BCUT2D eigenvalue weighted by atomic mass is 127. The Balaban J connectivity index is 4.25. The van der Waals surface area contributed by atoms with E-state index in [2.05, 4.69) is 10.6 Å². The Labute approximate surface area is 130 Å². The van der Waals surface area contributed by atoms with Crippen LogP contribution in [0.2, 0.25) is 0 Å². The van der Waals surface area contributed by atoms with E-state index in [4.69, 9.17) is 10.8 Å². The van der Waals surface area contributed by atoms with E-state index < -0.39 is 27.8 Å². The summed E-state index contributed by atoms with van der Waals surface area (Å²) in [7, 11) is 0. The monoisotopic (exact) mass is 399 g/mol. The topological polar surface area (TPSA) is 139 Å². The molecule has 0 rings (SSSR count). The number of halogens is 1. The summed E-state index contributed by atoms with van der Waals surface area (Å²) in [5, 5.41) is 13.5. The molecule has 0 fully saturated rings. The molecule has 2 atom stereocenters. The van der Waals surface area contributed by atoms with E-state index in [1.165, 1.54) is 6.92 Å². The molecule has 0 aliphatic rings. The second kappa shape index (κ2) is 9.64. The van der Waals surface area contributed by atoms with E-state index in [0.717, 1.165) is 0 Å². The van der Waals surface area contributed by atoms with Gasteiger partial charge in [0.1, 0.15) is 15.7 Å². The van der Waals surface area contributed by atoms with Crippen LogP contribution >= 0.6 is 22.6 Å². The highest BCUT2D eigenvalue weighted by molar-refractivity contribution is 14.1. The number of nitrogens with two attached hydrogens (primary N) is 1. The minimum Gasteiger partial charge on any atom is -0.480 e. The first-order valence-electron chi connectivity index (χ1n) is 5.91. The first-order chi connectivity index (χ1) is 9.27. The number of carboxylic acids is 1. The number of nitrogens with one attached hydrogen (secondary N) is 2. The molecule has 2 amide bonds. The molecule has 0 bridgehead atoms. The van der Waals surface area contributed by atoms with E-state index in [-0.39, 0.29) is 31.7 Å². The number of aliphatic carboxylic acids is 1. The SMILES string of the molecule is CC(=O)CCNC(=O)[C@H](CN)NC(=O)CC(I)C(=O)O. The van der Waals surface area contributed by atoms with Crippen LogP contribution in [0.25, 0.3) is 0 Å². The van der Waals surface area contributed by atoms with Crippen molar-refractivity contribution in [2.24, 2.45) is 5.73 Å². The molecule has 0 spiro atoms. The van der Waals surface area contributed by atoms with Gasteiger partial charge < -0.3 is 21.5 Å². The van der Waals surface area contributed by atoms with Crippen molar-refractivity contribution in [1.82, 2.24) is 10.6 Å². The molecule has 0 aromatic heterocycles. The predicted molar refractivity (Wildman–Crippen MR) is 79.4 cm³/mol. The molecule has 0 aromatic rings. The molecule has 20 heavy (non-hydrogen) atoms. The zero-order chi connectivity index (χ0) is 15.7. The zero-order valence-corrected chi connectivity index (χ0v) is 13.2. The van der Waals surface area contributed by atoms with E-state index in [1.54, 1.807) is 22.6 Å². The van der Waals surface area contributed by atoms with Gasteiger partial charge in [-0.1, -0.05) is 22.6 Å². The van der Waals surface area contributed by atoms with Crippen molar-refractivity contribution >= 4 is 46.2 Å². The van der Waals surface area contributed by atoms with E-state index in [9.17, 15) is 19.2 Å². The van der Waals surface area contributed by atoms with Crippen LogP contribution in [0.3, 0.4) is 0 Å². The first-order valence-corrected chi connectivity index (χ1v) is 7.16. The Morgan fingerprint density at radius 1 is 1.30 bits per heavy atom. The van der Waals surface area contributed by atoms with Gasteiger partial charge in [0.25, 0.3) is 0 Å². The molecule has 1 unspecified atom stereocenters. The average molecular weight is 399 g/mol. The highest BCUT2D eigenvalue weighted by Crippen LogP contribution is 2.05. The lowest BCUT2D eigenvalue weighted by atomic mass is 10.2. The lowest BCUT2D eigenvalue weighted by molar-refractivity contribution is -0.137. The third-order valence-corrected chi connectivity index (χ3v) is 3.27. The fourth-order valence-corrected chi connectivity index (χ4v) is 1.62. The molecule has 0 aliphatic carbocycles. The Bertz CT molecular complexity index is 388. The second-order valence-electron chi connectivity index (χ2n) is 4.11. The van der Waals surface area contributed by atoms with E-state index in [0.29, 0.717) is 0 Å². The molecular weight excluding hydrogens is 381 g/mol. The van der Waals surface area contributed by atoms with Gasteiger partial charge in [0.05, 0.1) is 0 Å². The van der Waals surface area contributed by atoms with Crippen LogP contribution in [0.15, 0.2) is 0 Å². The van der Waals surface area contributed by atoms with Crippen LogP contribution in [-0.4, -0.2) is 51.7 Å². The highest BCUT2D eigenvalue weighted by Gasteiger charge is 2.22. The number of alkyl halides is 1. The summed E-state index contributed by atoms with van der Waals surface area (Å²) in [4.78, 5) is 44.6. The number of carbonyl (C=O) groups is 4. The average Bonchev–Trinajstić information content (AvgIpc) is 2.34. The molecule has 0 aliphatic heterocycles. The maximum absolute atomic E-state index is 11.7. The number of ketones is 1. The third kappa shape index (κ3) is 8.04. The molecular formula is C11H18IN3O5. The zero-order valence-electron chi connectivity index (χ0n) is 11.0. The van der Waals surface area contributed by atoms with Gasteiger partial charge in [-0.3, -0.25) is 19.2 Å². The summed E-state index contributed by atoms with van der Waals surface area (Å²) >= 11 is 1.62. The third-order valence-electron chi connectivity index (χ3n) is 2.30. The lowest BCUT2D eigenvalue weighted by Crippen LogP contribution is -2.51. The molecule has 8 nitrogen and oxygen atoms in total. The van der Waals surface area contributed by atoms with Gasteiger partial charge in [-0.15, -0.1) is 0 Å². The molecule has 0 radical (unpaired) electrons. The standard InChI is InChI=1S/C11H18IN3O5/c1-6(16)2-3-14-10(18)8(5-13)15-9(17)4-7(12)11(19)20/h7-8H,2-5,13H2,1H3,(H,14,18)(H,15,17)(H,19,20)/t7?,8-/m0/s1. The Morgan fingerprint density at radius 2 is 1.90 bits per heavy atom. The van der Waals surface area contributed by atoms with Crippen LogP contribution in [0.4, 0.5) is 0 Å². The van der Waals surface area contributed by atoms with Crippen LogP contribution in [0, 0.1) is 0 Å². The number of rotatable bonds is 9. The summed E-state index contributed by atoms with van der Waals surface area (Å²) in [6, 6.07) is -0.938. The number of hydrogen-bond donors (Lipinski definition) is 4. The molecule has 5 N–H and O–H groups in total. The molecule has 0 heterocycles. The number of amides is 2. The van der Waals surface area contributed by atoms with Crippen molar-refractivity contribution in [3.8, 4) is 0 Å². The summed E-state index contributed by atoms with van der Waals surface area (Å²) < 4.78 is -0.869. The van der Waals surface area contributed by atoms with Crippen molar-refractivity contribution in [2.45, 2.75) is 29.7 Å². The van der Waals surface area contributed by atoms with Crippen LogP contribution in [-0.2, 0) is 19.2 Å². The minimum atomic E-state index is -1.10. The largest absolute Gasteiger partial charge is 0.480 e. The molecule has 114 valence electrons. The summed E-state index contributed by atoms with van der Waals surface area (Å²) in [6.07, 6.45) is -0.0427. The van der Waals surface area contributed by atoms with Gasteiger partial charge in [0.2, 0.25) is 11.8 Å². The summed E-state index contributed by atoms with van der Waals surface area (Å²) in [5.41, 5.74) is 5.38. The van der Waals surface area contributed by atoms with Gasteiger partial charge in [-0.2, -0.15) is 0 Å². The number of carboxylic acid groups (broad SMARTS) is 1. The Hall–Kier alpha value is -1.23. The van der Waals surface area contributed by atoms with Crippen molar-refractivity contribution in [2.75, 3.05) is 13.1 Å². The first kappa shape index (κ1) is 18.8. The quantitative estimate of drug-likeness (QED) is 0.284. The van der Waals surface area contributed by atoms with Crippen molar-refractivity contribution in [3.63, 3.8) is 0 Å². The van der Waals surface area contributed by atoms with Crippen molar-refractivity contribution < 1.29 is 24.3 Å². The van der Waals surface area contributed by atoms with Gasteiger partial charge in [-0.25, -0.2) is 0 Å². The molecule has 0 saturated carbocycles. The van der Waals surface area contributed by atoms with Crippen molar-refractivity contribution in [1.29, 1.82) is 0 Å². The summed E-state index contributed by atoms with van der Waals surface area (Å²) in [5.74, 6) is -2.23. The maximum atomic E-state index is 11.7. The fraction of sp³-hybridized carbons (Fsp3) is 0.636. The smallest absolute Gasteiger partial charge is 0.316 e. The van der Waals surface area contributed by atoms with Crippen molar-refractivity contribution in [3.05, 3.63) is 0 Å². The Kier molecular flexibility index (Phi) is 9.05. The molecule has 0 saturated heterocycles. The predicted octanol–water partition coefficient (Wildman–Crippen LogP) is -1.20. The number of Topliss-reactive ketones (excluding diaryl/α,β-unsaturated/α-hetero) is 1.